The van der Waals surface area contributed by atoms with Crippen LogP contribution in [0, 0.1) is 0 Å². The minimum atomic E-state index is 0.237. The number of nitrogens with one attached hydrogen (secondary N) is 1. The average Bonchev–Trinajstić information content (AvgIpc) is 1.97. The van der Waals surface area contributed by atoms with Crippen molar-refractivity contribution in [1.82, 2.24) is 5.32 Å². The molecule has 3 nitrogen and oxygen atoms in total. The van der Waals surface area contributed by atoms with Crippen molar-refractivity contribution in [3.63, 3.8) is 0 Å². The molecule has 0 saturated heterocycles. The van der Waals surface area contributed by atoms with E-state index in [1.807, 2.05) is 7.05 Å². The molecule has 0 heterocycles. The summed E-state index contributed by atoms with van der Waals surface area (Å²) in [6.45, 7) is 2.32. The fourth-order valence-electron chi connectivity index (χ4n) is 1.06. The first kappa shape index (κ1) is 10.6. The fourth-order valence-corrected chi connectivity index (χ4v) is 1.06. The molecule has 3 heteroatoms. The van der Waals surface area contributed by atoms with Crippen LogP contribution < -0.4 is 11.1 Å². The Kier molecular flexibility index (Phi) is 6.07. The molecule has 0 bridgehead atoms. The number of nitrogens with two attached hydrogens (primary N) is 1. The van der Waals surface area contributed by atoms with Crippen molar-refractivity contribution in [2.24, 2.45) is 5.73 Å². The Bertz CT molecular complexity index is 115. The SMILES string of the molecule is CN[C@@H](CCCN)CC(C)=O. The van der Waals surface area contributed by atoms with Gasteiger partial charge in [0.25, 0.3) is 0 Å². The normalized spacial score (nSPS) is 13.0. The van der Waals surface area contributed by atoms with Crippen molar-refractivity contribution in [2.75, 3.05) is 13.6 Å². The number of Topliss-reactive ketones (excluding diaryl/α,β-unsaturated/α-hetero) is 1. The quantitative estimate of drug-likeness (QED) is 0.584. The van der Waals surface area contributed by atoms with E-state index in [4.69, 9.17) is 5.73 Å². The molecule has 0 aromatic carbocycles. The van der Waals surface area contributed by atoms with Crippen molar-refractivity contribution < 1.29 is 4.79 Å². The van der Waals surface area contributed by atoms with E-state index in [2.05, 4.69) is 5.32 Å². The molecular weight excluding hydrogens is 140 g/mol. The van der Waals surface area contributed by atoms with Gasteiger partial charge in [0, 0.05) is 12.5 Å². The van der Waals surface area contributed by atoms with Crippen molar-refractivity contribution >= 4 is 5.78 Å². The molecule has 1 atom stereocenters. The molecule has 0 radical (unpaired) electrons. The van der Waals surface area contributed by atoms with Crippen LogP contribution in [0.25, 0.3) is 0 Å². The maximum atomic E-state index is 10.7. The number of rotatable bonds is 6. The second kappa shape index (κ2) is 6.31. The second-order valence-corrected chi connectivity index (χ2v) is 2.82. The van der Waals surface area contributed by atoms with Gasteiger partial charge in [-0.15, -0.1) is 0 Å². The predicted molar refractivity (Wildman–Crippen MR) is 46.4 cm³/mol. The van der Waals surface area contributed by atoms with Gasteiger partial charge in [-0.2, -0.15) is 0 Å². The molecule has 66 valence electrons. The van der Waals surface area contributed by atoms with E-state index < -0.39 is 0 Å². The molecule has 0 aromatic rings. The second-order valence-electron chi connectivity index (χ2n) is 2.82. The summed E-state index contributed by atoms with van der Waals surface area (Å²) in [5.41, 5.74) is 5.35. The Morgan fingerprint density at radius 1 is 1.64 bits per heavy atom. The van der Waals surface area contributed by atoms with Crippen LogP contribution in [0.2, 0.25) is 0 Å². The number of hydrogen-bond donors (Lipinski definition) is 2. The Hall–Kier alpha value is -0.410. The van der Waals surface area contributed by atoms with Crippen LogP contribution >= 0.6 is 0 Å². The summed E-state index contributed by atoms with van der Waals surface area (Å²) in [5, 5.41) is 3.09. The first-order valence-electron chi connectivity index (χ1n) is 4.07. The molecule has 3 N–H and O–H groups in total. The summed E-state index contributed by atoms with van der Waals surface area (Å²) in [5.74, 6) is 0.237. The highest BCUT2D eigenvalue weighted by Gasteiger charge is 2.06. The van der Waals surface area contributed by atoms with Crippen molar-refractivity contribution in [2.45, 2.75) is 32.2 Å². The third-order valence-electron chi connectivity index (χ3n) is 1.70. The van der Waals surface area contributed by atoms with Crippen LogP contribution in [-0.4, -0.2) is 25.4 Å². The van der Waals surface area contributed by atoms with Gasteiger partial charge < -0.3 is 11.1 Å². The molecule has 0 saturated carbocycles. The minimum absolute atomic E-state index is 0.237. The third kappa shape index (κ3) is 6.01. The summed E-state index contributed by atoms with van der Waals surface area (Å²) < 4.78 is 0. The standard InChI is InChI=1S/C8H18N2O/c1-7(11)6-8(10-2)4-3-5-9/h8,10H,3-6,9H2,1-2H3/t8-/m0/s1. The van der Waals surface area contributed by atoms with Crippen molar-refractivity contribution in [3.05, 3.63) is 0 Å². The van der Waals surface area contributed by atoms with Gasteiger partial charge in [0.2, 0.25) is 0 Å². The van der Waals surface area contributed by atoms with Gasteiger partial charge in [0.1, 0.15) is 5.78 Å². The zero-order chi connectivity index (χ0) is 8.69. The number of hydrogen-bond acceptors (Lipinski definition) is 3. The molecule has 0 spiro atoms. The van der Waals surface area contributed by atoms with Crippen molar-refractivity contribution in [3.8, 4) is 0 Å². The van der Waals surface area contributed by atoms with Crippen molar-refractivity contribution in [1.29, 1.82) is 0 Å². The first-order chi connectivity index (χ1) is 5.20. The molecule has 0 aromatic heterocycles. The maximum absolute atomic E-state index is 10.7. The van der Waals surface area contributed by atoms with E-state index in [0.717, 1.165) is 12.8 Å². The molecule has 11 heavy (non-hydrogen) atoms. The van der Waals surface area contributed by atoms with Gasteiger partial charge in [0.05, 0.1) is 0 Å². The van der Waals surface area contributed by atoms with Gasteiger partial charge in [-0.05, 0) is 33.4 Å². The lowest BCUT2D eigenvalue weighted by molar-refractivity contribution is -0.117. The zero-order valence-corrected chi connectivity index (χ0v) is 7.39. The molecule has 0 rings (SSSR count). The lowest BCUT2D eigenvalue weighted by atomic mass is 10.1. The van der Waals surface area contributed by atoms with Crippen LogP contribution in [0.4, 0.5) is 0 Å². The van der Waals surface area contributed by atoms with Crippen LogP contribution in [-0.2, 0) is 4.79 Å². The predicted octanol–water partition coefficient (Wildman–Crippen LogP) is 0.292. The van der Waals surface area contributed by atoms with Gasteiger partial charge >= 0.3 is 0 Å². The monoisotopic (exact) mass is 158 g/mol. The highest BCUT2D eigenvalue weighted by molar-refractivity contribution is 5.76. The minimum Gasteiger partial charge on any atom is -0.330 e. The Labute approximate surface area is 68.3 Å². The van der Waals surface area contributed by atoms with Crippen LogP contribution in [0.15, 0.2) is 0 Å². The van der Waals surface area contributed by atoms with Crippen LogP contribution in [0.5, 0.6) is 0 Å². The Morgan fingerprint density at radius 3 is 2.64 bits per heavy atom. The van der Waals surface area contributed by atoms with E-state index in [-0.39, 0.29) is 5.78 Å². The maximum Gasteiger partial charge on any atom is 0.131 e. The number of ketones is 1. The number of carbonyl (C=O) groups is 1. The third-order valence-corrected chi connectivity index (χ3v) is 1.70. The van der Waals surface area contributed by atoms with Crippen LogP contribution in [0.3, 0.4) is 0 Å². The van der Waals surface area contributed by atoms with E-state index in [9.17, 15) is 4.79 Å². The lowest BCUT2D eigenvalue weighted by Gasteiger charge is -2.12. The smallest absolute Gasteiger partial charge is 0.131 e. The molecule has 0 unspecified atom stereocenters. The van der Waals surface area contributed by atoms with Gasteiger partial charge in [-0.25, -0.2) is 0 Å². The average molecular weight is 158 g/mol. The lowest BCUT2D eigenvalue weighted by Crippen LogP contribution is -2.27. The Morgan fingerprint density at radius 2 is 2.27 bits per heavy atom. The first-order valence-corrected chi connectivity index (χ1v) is 4.07. The van der Waals surface area contributed by atoms with Gasteiger partial charge in [0.15, 0.2) is 0 Å². The molecule has 0 fully saturated rings. The highest BCUT2D eigenvalue weighted by Crippen LogP contribution is 2.00. The van der Waals surface area contributed by atoms with E-state index >= 15 is 0 Å². The Balaban J connectivity index is 3.49. The van der Waals surface area contributed by atoms with E-state index in [1.165, 1.54) is 0 Å². The zero-order valence-electron chi connectivity index (χ0n) is 7.39. The molecule has 0 amide bonds. The summed E-state index contributed by atoms with van der Waals surface area (Å²) in [7, 11) is 1.88. The molecule has 0 aliphatic carbocycles. The van der Waals surface area contributed by atoms with Crippen LogP contribution in [0.1, 0.15) is 26.2 Å². The molecule has 0 aliphatic rings. The summed E-state index contributed by atoms with van der Waals surface area (Å²) in [6.07, 6.45) is 2.60. The topological polar surface area (TPSA) is 55.1 Å². The van der Waals surface area contributed by atoms with E-state index in [0.29, 0.717) is 19.0 Å². The van der Waals surface area contributed by atoms with Gasteiger partial charge in [-0.1, -0.05) is 0 Å². The van der Waals surface area contributed by atoms with Gasteiger partial charge in [-0.3, -0.25) is 4.79 Å². The summed E-state index contributed by atoms with van der Waals surface area (Å²) in [6, 6.07) is 0.316. The summed E-state index contributed by atoms with van der Waals surface area (Å²) >= 11 is 0. The van der Waals surface area contributed by atoms with E-state index in [1.54, 1.807) is 6.92 Å². The molecular formula is C8H18N2O. The largest absolute Gasteiger partial charge is 0.330 e. The fraction of sp³-hybridized carbons (Fsp3) is 0.875. The molecule has 0 aliphatic heterocycles. The number of carbonyl (C=O) groups excluding carboxylic acids is 1. The highest BCUT2D eigenvalue weighted by atomic mass is 16.1. The summed E-state index contributed by atoms with van der Waals surface area (Å²) in [4.78, 5) is 10.7.